The first-order valence-electron chi connectivity index (χ1n) is 4.09. The number of allylic oxidation sites excluding steroid dienone is 6. The molecule has 0 nitrogen and oxygen atoms in total. The van der Waals surface area contributed by atoms with Crippen LogP contribution in [0.5, 0.6) is 0 Å². The second-order valence-corrected chi connectivity index (χ2v) is 2.77. The molecule has 0 amide bonds. The van der Waals surface area contributed by atoms with E-state index in [1.54, 1.807) is 24.3 Å². The van der Waals surface area contributed by atoms with E-state index in [-0.39, 0.29) is 5.82 Å². The van der Waals surface area contributed by atoms with Gasteiger partial charge in [-0.1, -0.05) is 12.1 Å². The van der Waals surface area contributed by atoms with Crippen molar-refractivity contribution in [2.75, 3.05) is 0 Å². The van der Waals surface area contributed by atoms with Gasteiger partial charge in [-0.2, -0.15) is 0 Å². The second kappa shape index (κ2) is 3.34. The summed E-state index contributed by atoms with van der Waals surface area (Å²) in [6, 6.07) is 6.73. The average molecular weight is 171 g/mol. The van der Waals surface area contributed by atoms with Crippen molar-refractivity contribution in [3.8, 4) is 0 Å². The summed E-state index contributed by atoms with van der Waals surface area (Å²) in [5, 5.41) is 0. The van der Waals surface area contributed by atoms with Gasteiger partial charge in [-0.25, -0.2) is 4.39 Å². The number of halogens is 1. The first-order chi connectivity index (χ1) is 6.38. The van der Waals surface area contributed by atoms with Crippen LogP contribution in [0.2, 0.25) is 0 Å². The van der Waals surface area contributed by atoms with Crippen molar-refractivity contribution in [1.29, 1.82) is 0 Å². The van der Waals surface area contributed by atoms with E-state index in [1.165, 1.54) is 6.07 Å². The molecule has 0 aliphatic heterocycles. The fraction of sp³-hybridized carbons (Fsp3) is 0. The molecule has 0 spiro atoms. The molecular formula is C12H8F+. The molecule has 0 aromatic heterocycles. The predicted molar refractivity (Wildman–Crippen MR) is 51.3 cm³/mol. The van der Waals surface area contributed by atoms with Crippen LogP contribution in [0.15, 0.2) is 48.6 Å². The van der Waals surface area contributed by atoms with E-state index < -0.39 is 0 Å². The summed E-state index contributed by atoms with van der Waals surface area (Å²) in [6.45, 7) is 0. The highest BCUT2D eigenvalue weighted by Gasteiger charge is 2.10. The molecule has 0 saturated heterocycles. The molecule has 1 heteroatoms. The van der Waals surface area contributed by atoms with Gasteiger partial charge in [0.25, 0.3) is 0 Å². The summed E-state index contributed by atoms with van der Waals surface area (Å²) in [4.78, 5) is 0. The molecule has 1 aliphatic carbocycles. The van der Waals surface area contributed by atoms with E-state index in [0.717, 1.165) is 5.57 Å². The van der Waals surface area contributed by atoms with Crippen molar-refractivity contribution in [3.05, 3.63) is 66.0 Å². The zero-order valence-electron chi connectivity index (χ0n) is 7.00. The first-order valence-corrected chi connectivity index (χ1v) is 4.09. The molecule has 0 fully saturated rings. The lowest BCUT2D eigenvalue weighted by Crippen LogP contribution is -1.87. The number of hydrogen-bond acceptors (Lipinski definition) is 0. The van der Waals surface area contributed by atoms with Crippen LogP contribution in [-0.2, 0) is 0 Å². The molecule has 62 valence electrons. The molecule has 1 aromatic carbocycles. The van der Waals surface area contributed by atoms with Gasteiger partial charge >= 0.3 is 0 Å². The molecule has 0 bridgehead atoms. The summed E-state index contributed by atoms with van der Waals surface area (Å²) in [7, 11) is 0. The van der Waals surface area contributed by atoms with Gasteiger partial charge in [0.05, 0.1) is 17.2 Å². The van der Waals surface area contributed by atoms with Crippen molar-refractivity contribution in [1.82, 2.24) is 0 Å². The fourth-order valence-corrected chi connectivity index (χ4v) is 1.26. The Morgan fingerprint density at radius 2 is 2.00 bits per heavy atom. The lowest BCUT2D eigenvalue weighted by molar-refractivity contribution is 0.624. The zero-order valence-corrected chi connectivity index (χ0v) is 7.00. The monoisotopic (exact) mass is 171 g/mol. The van der Waals surface area contributed by atoms with Crippen molar-refractivity contribution in [2.45, 2.75) is 0 Å². The van der Waals surface area contributed by atoms with Gasteiger partial charge < -0.3 is 0 Å². The van der Waals surface area contributed by atoms with Gasteiger partial charge in [-0.3, -0.25) is 0 Å². The normalized spacial score (nSPS) is 13.8. The Kier molecular flexibility index (Phi) is 2.03. The number of hydrogen-bond donors (Lipinski definition) is 0. The van der Waals surface area contributed by atoms with Crippen molar-refractivity contribution in [2.24, 2.45) is 0 Å². The molecule has 0 N–H and O–H groups in total. The quantitative estimate of drug-likeness (QED) is 0.569. The maximum Gasteiger partial charge on any atom is 0.144 e. The largest absolute Gasteiger partial charge is 0.205 e. The molecule has 1 aromatic rings. The van der Waals surface area contributed by atoms with Gasteiger partial charge in [0, 0.05) is 12.2 Å². The van der Waals surface area contributed by atoms with E-state index >= 15 is 0 Å². The Labute approximate surface area is 76.7 Å². The van der Waals surface area contributed by atoms with E-state index in [1.807, 2.05) is 18.2 Å². The van der Waals surface area contributed by atoms with Gasteiger partial charge in [-0.05, 0) is 12.1 Å². The van der Waals surface area contributed by atoms with E-state index in [2.05, 4.69) is 6.08 Å². The minimum absolute atomic E-state index is 0.192. The standard InChI is InChI=1S/C12H8F/c13-12-9-5-4-8-11(12)10-6-2-1-3-7-10/h1-2,4-9H/q+1. The molecule has 0 atom stereocenters. The average Bonchev–Trinajstić information content (AvgIpc) is 2.20. The third-order valence-corrected chi connectivity index (χ3v) is 1.89. The molecule has 0 unspecified atom stereocenters. The number of rotatable bonds is 1. The van der Waals surface area contributed by atoms with Crippen LogP contribution in [0.4, 0.5) is 4.39 Å². The van der Waals surface area contributed by atoms with E-state index in [9.17, 15) is 4.39 Å². The lowest BCUT2D eigenvalue weighted by Gasteiger charge is -1.97. The van der Waals surface area contributed by atoms with Crippen molar-refractivity contribution < 1.29 is 4.39 Å². The molecule has 13 heavy (non-hydrogen) atoms. The molecule has 0 saturated carbocycles. The third kappa shape index (κ3) is 1.56. The topological polar surface area (TPSA) is 0 Å². The van der Waals surface area contributed by atoms with Crippen LogP contribution in [0.25, 0.3) is 5.57 Å². The van der Waals surface area contributed by atoms with Crippen LogP contribution < -0.4 is 0 Å². The van der Waals surface area contributed by atoms with Crippen molar-refractivity contribution in [3.63, 3.8) is 0 Å². The maximum atomic E-state index is 13.3. The van der Waals surface area contributed by atoms with Gasteiger partial charge in [0.2, 0.25) is 0 Å². The minimum Gasteiger partial charge on any atom is -0.205 e. The highest BCUT2D eigenvalue weighted by molar-refractivity contribution is 5.76. The minimum atomic E-state index is -0.192. The van der Waals surface area contributed by atoms with Crippen LogP contribution in [0, 0.1) is 11.9 Å². The predicted octanol–water partition coefficient (Wildman–Crippen LogP) is 3.14. The lowest BCUT2D eigenvalue weighted by atomic mass is 10.0. The van der Waals surface area contributed by atoms with Crippen LogP contribution >= 0.6 is 0 Å². The number of benzene rings is 1. The summed E-state index contributed by atoms with van der Waals surface area (Å²) < 4.78 is 13.3. The third-order valence-electron chi connectivity index (χ3n) is 1.89. The SMILES string of the molecule is Fc1ccccc1C1=CC=C[C+]=C1. The van der Waals surface area contributed by atoms with Gasteiger partial charge in [0.15, 0.2) is 0 Å². The van der Waals surface area contributed by atoms with Crippen LogP contribution in [0.3, 0.4) is 0 Å². The fourth-order valence-electron chi connectivity index (χ4n) is 1.26. The summed E-state index contributed by atoms with van der Waals surface area (Å²) in [6.07, 6.45) is 10.2. The van der Waals surface area contributed by atoms with Crippen molar-refractivity contribution >= 4 is 5.57 Å². The summed E-state index contributed by atoms with van der Waals surface area (Å²) in [5.41, 5.74) is 1.49. The molecule has 0 radical (unpaired) electrons. The Hall–Kier alpha value is -1.72. The maximum absolute atomic E-state index is 13.3. The Balaban J connectivity index is 2.47. The second-order valence-electron chi connectivity index (χ2n) is 2.77. The molecule has 0 heterocycles. The highest BCUT2D eigenvalue weighted by Crippen LogP contribution is 2.20. The summed E-state index contributed by atoms with van der Waals surface area (Å²) in [5.74, 6) is -0.192. The van der Waals surface area contributed by atoms with Gasteiger partial charge in [-0.15, -0.1) is 0 Å². The smallest absolute Gasteiger partial charge is 0.144 e. The molecule has 1 aliphatic rings. The van der Waals surface area contributed by atoms with Gasteiger partial charge in [0.1, 0.15) is 18.0 Å². The first kappa shape index (κ1) is 7.90. The summed E-state index contributed by atoms with van der Waals surface area (Å²) >= 11 is 0. The van der Waals surface area contributed by atoms with Crippen LogP contribution in [-0.4, -0.2) is 0 Å². The highest BCUT2D eigenvalue weighted by atomic mass is 19.1. The Morgan fingerprint density at radius 3 is 2.69 bits per heavy atom. The van der Waals surface area contributed by atoms with E-state index in [0.29, 0.717) is 5.56 Å². The Bertz CT molecular complexity index is 397. The molecular weight excluding hydrogens is 163 g/mol. The zero-order chi connectivity index (χ0) is 9.10. The van der Waals surface area contributed by atoms with E-state index in [4.69, 9.17) is 0 Å². The Morgan fingerprint density at radius 1 is 1.15 bits per heavy atom. The van der Waals surface area contributed by atoms with Crippen LogP contribution in [0.1, 0.15) is 5.56 Å². The molecule has 2 rings (SSSR count).